The molecular weight excluding hydrogens is 233 g/mol. The molecule has 0 bridgehead atoms. The van der Waals surface area contributed by atoms with Gasteiger partial charge in [0.15, 0.2) is 0 Å². The number of methoxy groups -OCH3 is 2. The zero-order valence-corrected chi connectivity index (χ0v) is 11.5. The monoisotopic (exact) mass is 255 g/mol. The number of nitrogens with one attached hydrogen (secondary N) is 1. The molecule has 0 amide bonds. The molecule has 1 N–H and O–H groups in total. The molecular formula is C14H22FNO2. The van der Waals surface area contributed by atoms with Crippen molar-refractivity contribution >= 4 is 0 Å². The summed E-state index contributed by atoms with van der Waals surface area (Å²) in [5.41, 5.74) is 0.617. The summed E-state index contributed by atoms with van der Waals surface area (Å²) < 4.78 is 24.5. The second kappa shape index (κ2) is 7.34. The number of rotatable bonds is 7. The topological polar surface area (TPSA) is 30.5 Å². The van der Waals surface area contributed by atoms with Crippen LogP contribution in [0.1, 0.15) is 31.9 Å². The zero-order chi connectivity index (χ0) is 13.5. The summed E-state index contributed by atoms with van der Waals surface area (Å²) >= 11 is 0. The molecule has 18 heavy (non-hydrogen) atoms. The normalized spacial score (nSPS) is 14.3. The van der Waals surface area contributed by atoms with Crippen LogP contribution in [0.2, 0.25) is 0 Å². The number of halogens is 1. The highest BCUT2D eigenvalue weighted by Gasteiger charge is 2.23. The Morgan fingerprint density at radius 2 is 2.00 bits per heavy atom. The molecule has 1 aromatic rings. The minimum atomic E-state index is -0.268. The van der Waals surface area contributed by atoms with Gasteiger partial charge >= 0.3 is 0 Å². The van der Waals surface area contributed by atoms with Gasteiger partial charge in [-0.2, -0.15) is 0 Å². The molecule has 0 saturated heterocycles. The van der Waals surface area contributed by atoms with Gasteiger partial charge in [0, 0.05) is 18.7 Å². The molecule has 3 nitrogen and oxygen atoms in total. The van der Waals surface area contributed by atoms with E-state index < -0.39 is 0 Å². The largest absolute Gasteiger partial charge is 0.497 e. The van der Waals surface area contributed by atoms with Gasteiger partial charge in [0.25, 0.3) is 0 Å². The van der Waals surface area contributed by atoms with Crippen LogP contribution in [0, 0.1) is 5.82 Å². The van der Waals surface area contributed by atoms with Crippen LogP contribution < -0.4 is 10.1 Å². The lowest BCUT2D eigenvalue weighted by atomic mass is 9.98. The Balaban J connectivity index is 3.04. The highest BCUT2D eigenvalue weighted by Crippen LogP contribution is 2.26. The van der Waals surface area contributed by atoms with Crippen LogP contribution in [-0.4, -0.2) is 26.9 Å². The molecule has 1 rings (SSSR count). The van der Waals surface area contributed by atoms with E-state index in [0.29, 0.717) is 11.3 Å². The van der Waals surface area contributed by atoms with Crippen molar-refractivity contribution in [3.05, 3.63) is 29.6 Å². The van der Waals surface area contributed by atoms with Crippen molar-refractivity contribution in [1.29, 1.82) is 0 Å². The summed E-state index contributed by atoms with van der Waals surface area (Å²) in [6, 6.07) is 4.78. The van der Waals surface area contributed by atoms with E-state index in [1.807, 2.05) is 13.8 Å². The highest BCUT2D eigenvalue weighted by atomic mass is 19.1. The van der Waals surface area contributed by atoms with Crippen LogP contribution in [0.4, 0.5) is 4.39 Å². The van der Waals surface area contributed by atoms with E-state index in [4.69, 9.17) is 9.47 Å². The van der Waals surface area contributed by atoms with Gasteiger partial charge in [0.1, 0.15) is 11.6 Å². The SMILES string of the molecule is CCNC(c1ccc(OC)cc1F)C(CC)OC. The number of benzene rings is 1. The van der Waals surface area contributed by atoms with Crippen LogP contribution in [0.15, 0.2) is 18.2 Å². The lowest BCUT2D eigenvalue weighted by Crippen LogP contribution is -2.33. The summed E-state index contributed by atoms with van der Waals surface area (Å²) in [5, 5.41) is 3.27. The Morgan fingerprint density at radius 3 is 2.44 bits per heavy atom. The standard InChI is InChI=1S/C14H22FNO2/c1-5-13(18-4)14(16-6-2)11-8-7-10(17-3)9-12(11)15/h7-9,13-14,16H,5-6H2,1-4H3. The van der Waals surface area contributed by atoms with Gasteiger partial charge in [-0.15, -0.1) is 0 Å². The summed E-state index contributed by atoms with van der Waals surface area (Å²) in [5.74, 6) is 0.257. The van der Waals surface area contributed by atoms with Crippen LogP contribution in [0.3, 0.4) is 0 Å². The van der Waals surface area contributed by atoms with Gasteiger partial charge in [-0.05, 0) is 19.0 Å². The van der Waals surface area contributed by atoms with Crippen molar-refractivity contribution < 1.29 is 13.9 Å². The summed E-state index contributed by atoms with van der Waals surface area (Å²) in [6.07, 6.45) is 0.771. The van der Waals surface area contributed by atoms with E-state index in [2.05, 4.69) is 5.32 Å². The van der Waals surface area contributed by atoms with Crippen molar-refractivity contribution in [2.75, 3.05) is 20.8 Å². The molecule has 0 spiro atoms. The van der Waals surface area contributed by atoms with Crippen LogP contribution in [-0.2, 0) is 4.74 Å². The fourth-order valence-electron chi connectivity index (χ4n) is 2.09. The maximum atomic E-state index is 14.1. The molecule has 0 fully saturated rings. The Bertz CT molecular complexity index is 367. The summed E-state index contributed by atoms with van der Waals surface area (Å²) in [6.45, 7) is 4.78. The van der Waals surface area contributed by atoms with Gasteiger partial charge < -0.3 is 14.8 Å². The Labute approximate surface area is 108 Å². The first-order valence-corrected chi connectivity index (χ1v) is 6.27. The smallest absolute Gasteiger partial charge is 0.131 e. The average molecular weight is 255 g/mol. The van der Waals surface area contributed by atoms with Gasteiger partial charge in [0.2, 0.25) is 0 Å². The van der Waals surface area contributed by atoms with Crippen molar-refractivity contribution in [2.45, 2.75) is 32.4 Å². The number of likely N-dealkylation sites (N-methyl/N-ethyl adjacent to an activating group) is 1. The minimum absolute atomic E-state index is 0.0483. The predicted molar refractivity (Wildman–Crippen MR) is 70.5 cm³/mol. The summed E-state index contributed by atoms with van der Waals surface area (Å²) in [7, 11) is 3.18. The van der Waals surface area contributed by atoms with E-state index >= 15 is 0 Å². The van der Waals surface area contributed by atoms with Crippen molar-refractivity contribution in [3.8, 4) is 5.75 Å². The Kier molecular flexibility index (Phi) is 6.09. The maximum Gasteiger partial charge on any atom is 0.131 e. The van der Waals surface area contributed by atoms with Crippen LogP contribution in [0.5, 0.6) is 5.75 Å². The van der Waals surface area contributed by atoms with Crippen LogP contribution in [0.25, 0.3) is 0 Å². The molecule has 0 radical (unpaired) electrons. The number of hydrogen-bond acceptors (Lipinski definition) is 3. The van der Waals surface area contributed by atoms with Gasteiger partial charge in [-0.3, -0.25) is 0 Å². The van der Waals surface area contributed by atoms with E-state index in [0.717, 1.165) is 13.0 Å². The lowest BCUT2D eigenvalue weighted by molar-refractivity contribution is 0.0644. The fraction of sp³-hybridized carbons (Fsp3) is 0.571. The van der Waals surface area contributed by atoms with Crippen molar-refractivity contribution in [2.24, 2.45) is 0 Å². The first-order valence-electron chi connectivity index (χ1n) is 6.27. The van der Waals surface area contributed by atoms with E-state index in [1.165, 1.54) is 13.2 Å². The number of ether oxygens (including phenoxy) is 2. The third kappa shape index (κ3) is 3.43. The van der Waals surface area contributed by atoms with Crippen LogP contribution >= 0.6 is 0 Å². The molecule has 0 saturated carbocycles. The average Bonchev–Trinajstić information content (AvgIpc) is 2.39. The number of hydrogen-bond donors (Lipinski definition) is 1. The minimum Gasteiger partial charge on any atom is -0.497 e. The molecule has 0 aliphatic rings. The molecule has 0 heterocycles. The third-order valence-electron chi connectivity index (χ3n) is 3.04. The highest BCUT2D eigenvalue weighted by molar-refractivity contribution is 5.31. The first kappa shape index (κ1) is 14.9. The second-order valence-electron chi connectivity index (χ2n) is 4.11. The predicted octanol–water partition coefficient (Wildman–Crippen LogP) is 2.91. The first-order chi connectivity index (χ1) is 8.67. The second-order valence-corrected chi connectivity index (χ2v) is 4.11. The molecule has 0 aliphatic carbocycles. The summed E-state index contributed by atoms with van der Waals surface area (Å²) in [4.78, 5) is 0. The molecule has 102 valence electrons. The van der Waals surface area contributed by atoms with Crippen molar-refractivity contribution in [3.63, 3.8) is 0 Å². The molecule has 2 atom stereocenters. The van der Waals surface area contributed by atoms with Gasteiger partial charge in [-0.1, -0.05) is 19.9 Å². The van der Waals surface area contributed by atoms with Gasteiger partial charge in [-0.25, -0.2) is 4.39 Å². The van der Waals surface area contributed by atoms with Gasteiger partial charge in [0.05, 0.1) is 19.3 Å². The zero-order valence-electron chi connectivity index (χ0n) is 11.5. The molecule has 0 aliphatic heterocycles. The Hall–Kier alpha value is -1.13. The molecule has 0 aromatic heterocycles. The maximum absolute atomic E-state index is 14.1. The molecule has 1 aromatic carbocycles. The molecule has 4 heteroatoms. The molecule has 2 unspecified atom stereocenters. The lowest BCUT2D eigenvalue weighted by Gasteiger charge is -2.26. The van der Waals surface area contributed by atoms with E-state index in [9.17, 15) is 4.39 Å². The fourth-order valence-corrected chi connectivity index (χ4v) is 2.09. The van der Waals surface area contributed by atoms with E-state index in [-0.39, 0.29) is 18.0 Å². The van der Waals surface area contributed by atoms with E-state index in [1.54, 1.807) is 19.2 Å². The quantitative estimate of drug-likeness (QED) is 0.812. The van der Waals surface area contributed by atoms with Crippen molar-refractivity contribution in [1.82, 2.24) is 5.32 Å². The third-order valence-corrected chi connectivity index (χ3v) is 3.04. The Morgan fingerprint density at radius 1 is 1.28 bits per heavy atom.